The van der Waals surface area contributed by atoms with Crippen LogP contribution in [-0.4, -0.2) is 13.0 Å². The summed E-state index contributed by atoms with van der Waals surface area (Å²) in [6.45, 7) is 2.10. The minimum absolute atomic E-state index is 0.165. The topological polar surface area (TPSA) is 20.3 Å². The van der Waals surface area contributed by atoms with E-state index < -0.39 is 0 Å². The minimum Gasteiger partial charge on any atom is -0.315 e. The van der Waals surface area contributed by atoms with Crippen LogP contribution in [0.3, 0.4) is 0 Å². The van der Waals surface area contributed by atoms with Crippen LogP contribution in [0.5, 0.6) is 0 Å². The van der Waals surface area contributed by atoms with Gasteiger partial charge >= 0.3 is 0 Å². The standard InChI is InChI=1S/C15H13Br2NOS/c1-8-5-12(20-15(8)17)14(16)9-3-4-11-10(6-9)7-13(19)18(11)2/h3-6,14H,7H2,1-2H3. The van der Waals surface area contributed by atoms with E-state index in [1.165, 1.54) is 19.8 Å². The van der Waals surface area contributed by atoms with Gasteiger partial charge in [0.1, 0.15) is 0 Å². The summed E-state index contributed by atoms with van der Waals surface area (Å²) < 4.78 is 1.17. The summed E-state index contributed by atoms with van der Waals surface area (Å²) in [5.41, 5.74) is 4.60. The molecule has 2 heterocycles. The van der Waals surface area contributed by atoms with Gasteiger partial charge < -0.3 is 4.90 Å². The molecule has 0 saturated heterocycles. The quantitative estimate of drug-likeness (QED) is 0.645. The molecular formula is C15H13Br2NOS. The lowest BCUT2D eigenvalue weighted by atomic mass is 10.0. The van der Waals surface area contributed by atoms with Crippen LogP contribution in [-0.2, 0) is 11.2 Å². The Bertz CT molecular complexity index is 676. The van der Waals surface area contributed by atoms with E-state index in [0.717, 1.165) is 11.3 Å². The number of fused-ring (bicyclic) bond motifs is 1. The number of carbonyl (C=O) groups excluding carboxylic acids is 1. The van der Waals surface area contributed by atoms with Crippen molar-refractivity contribution >= 4 is 54.8 Å². The highest BCUT2D eigenvalue weighted by Crippen LogP contribution is 2.40. The van der Waals surface area contributed by atoms with Crippen LogP contribution in [0.15, 0.2) is 28.1 Å². The zero-order chi connectivity index (χ0) is 14.4. The number of anilines is 1. The predicted molar refractivity (Wildman–Crippen MR) is 91.1 cm³/mol. The second-order valence-electron chi connectivity index (χ2n) is 4.99. The SMILES string of the molecule is Cc1cc(C(Br)c2ccc3c(c2)CC(=O)N3C)sc1Br. The van der Waals surface area contributed by atoms with Crippen molar-refractivity contribution in [3.63, 3.8) is 0 Å². The molecule has 0 radical (unpaired) electrons. The summed E-state index contributed by atoms with van der Waals surface area (Å²) in [6, 6.07) is 8.47. The number of rotatable bonds is 2. The Morgan fingerprint density at radius 2 is 2.10 bits per heavy atom. The highest BCUT2D eigenvalue weighted by molar-refractivity contribution is 9.11. The van der Waals surface area contributed by atoms with Gasteiger partial charge in [-0.15, -0.1) is 11.3 Å². The maximum atomic E-state index is 11.7. The molecule has 3 rings (SSSR count). The highest BCUT2D eigenvalue weighted by Gasteiger charge is 2.25. The van der Waals surface area contributed by atoms with Crippen molar-refractivity contribution in [2.45, 2.75) is 18.2 Å². The first-order valence-electron chi connectivity index (χ1n) is 6.26. The summed E-state index contributed by atoms with van der Waals surface area (Å²) >= 11 is 9.08. The van der Waals surface area contributed by atoms with E-state index in [1.54, 1.807) is 16.2 Å². The first-order valence-corrected chi connectivity index (χ1v) is 8.79. The normalized spacial score (nSPS) is 15.6. The monoisotopic (exact) mass is 413 g/mol. The van der Waals surface area contributed by atoms with Gasteiger partial charge in [0.25, 0.3) is 0 Å². The van der Waals surface area contributed by atoms with Crippen molar-refractivity contribution in [2.24, 2.45) is 0 Å². The molecule has 2 aromatic rings. The molecule has 0 fully saturated rings. The van der Waals surface area contributed by atoms with Gasteiger partial charge in [-0.2, -0.15) is 0 Å². The molecular weight excluding hydrogens is 402 g/mol. The number of hydrogen-bond acceptors (Lipinski definition) is 2. The molecule has 0 spiro atoms. The van der Waals surface area contributed by atoms with Gasteiger partial charge in [0.2, 0.25) is 5.91 Å². The van der Waals surface area contributed by atoms with E-state index in [1.807, 2.05) is 13.1 Å². The number of halogens is 2. The molecule has 5 heteroatoms. The molecule has 20 heavy (non-hydrogen) atoms. The lowest BCUT2D eigenvalue weighted by molar-refractivity contribution is -0.117. The Morgan fingerprint density at radius 1 is 1.35 bits per heavy atom. The van der Waals surface area contributed by atoms with E-state index in [4.69, 9.17) is 0 Å². The molecule has 1 aliphatic heterocycles. The third-order valence-electron chi connectivity index (χ3n) is 3.60. The van der Waals surface area contributed by atoms with Crippen molar-refractivity contribution in [3.05, 3.63) is 49.6 Å². The Labute approximate surface area is 139 Å². The molecule has 2 nitrogen and oxygen atoms in total. The number of nitrogens with zero attached hydrogens (tertiary/aromatic N) is 1. The van der Waals surface area contributed by atoms with Gasteiger partial charge in [-0.3, -0.25) is 4.79 Å². The average molecular weight is 415 g/mol. The van der Waals surface area contributed by atoms with Gasteiger partial charge in [0.15, 0.2) is 0 Å². The van der Waals surface area contributed by atoms with Crippen molar-refractivity contribution in [3.8, 4) is 0 Å². The van der Waals surface area contributed by atoms with Gasteiger partial charge in [-0.1, -0.05) is 28.1 Å². The molecule has 104 valence electrons. The van der Waals surface area contributed by atoms with Crippen LogP contribution < -0.4 is 4.90 Å². The molecule has 1 aromatic heterocycles. The van der Waals surface area contributed by atoms with Gasteiger partial charge in [0.05, 0.1) is 15.0 Å². The number of alkyl halides is 1. The second kappa shape index (κ2) is 5.28. The molecule has 0 aliphatic carbocycles. The molecule has 0 bridgehead atoms. The summed E-state index contributed by atoms with van der Waals surface area (Å²) in [6.07, 6.45) is 0.507. The summed E-state index contributed by atoms with van der Waals surface area (Å²) in [4.78, 5) is 14.9. The van der Waals surface area contributed by atoms with E-state index in [9.17, 15) is 4.79 Å². The van der Waals surface area contributed by atoms with E-state index in [0.29, 0.717) is 6.42 Å². The first-order chi connectivity index (χ1) is 9.47. The van der Waals surface area contributed by atoms with Crippen molar-refractivity contribution in [1.29, 1.82) is 0 Å². The zero-order valence-corrected chi connectivity index (χ0v) is 15.1. The lowest BCUT2D eigenvalue weighted by Gasteiger charge is -2.12. The fourth-order valence-corrected chi connectivity index (χ4v) is 4.70. The van der Waals surface area contributed by atoms with Gasteiger partial charge in [-0.25, -0.2) is 0 Å². The predicted octanol–water partition coefficient (Wildman–Crippen LogP) is 4.82. The summed E-state index contributed by atoms with van der Waals surface area (Å²) in [5.74, 6) is 0.165. The fraction of sp³-hybridized carbons (Fsp3) is 0.267. The summed E-state index contributed by atoms with van der Waals surface area (Å²) in [7, 11) is 1.83. The Hall–Kier alpha value is -0.650. The zero-order valence-electron chi connectivity index (χ0n) is 11.1. The first kappa shape index (κ1) is 14.3. The molecule has 1 aromatic carbocycles. The number of carbonyl (C=O) groups is 1. The van der Waals surface area contributed by atoms with Crippen LogP contribution >= 0.6 is 43.2 Å². The number of amides is 1. The van der Waals surface area contributed by atoms with Crippen LogP contribution in [0.25, 0.3) is 0 Å². The van der Waals surface area contributed by atoms with Crippen LogP contribution in [0, 0.1) is 6.92 Å². The van der Waals surface area contributed by atoms with Crippen molar-refractivity contribution < 1.29 is 4.79 Å². The molecule has 0 N–H and O–H groups in total. The Morgan fingerprint density at radius 3 is 2.75 bits per heavy atom. The molecule has 1 amide bonds. The number of thiophene rings is 1. The minimum atomic E-state index is 0.165. The molecule has 1 atom stereocenters. The lowest BCUT2D eigenvalue weighted by Crippen LogP contribution is -2.20. The van der Waals surface area contributed by atoms with Gasteiger partial charge in [0, 0.05) is 17.6 Å². The molecule has 1 aliphatic rings. The van der Waals surface area contributed by atoms with E-state index in [-0.39, 0.29) is 10.7 Å². The van der Waals surface area contributed by atoms with Crippen LogP contribution in [0.4, 0.5) is 5.69 Å². The third-order valence-corrected chi connectivity index (χ3v) is 7.13. The number of likely N-dealkylation sites (N-methyl/N-ethyl adjacent to an activating group) is 1. The number of benzene rings is 1. The highest BCUT2D eigenvalue weighted by atomic mass is 79.9. The maximum absolute atomic E-state index is 11.7. The Kier molecular flexibility index (Phi) is 3.77. The van der Waals surface area contributed by atoms with Crippen molar-refractivity contribution in [2.75, 3.05) is 11.9 Å². The van der Waals surface area contributed by atoms with Crippen LogP contribution in [0.2, 0.25) is 0 Å². The third kappa shape index (κ3) is 2.36. The average Bonchev–Trinajstić information content (AvgIpc) is 2.90. The smallest absolute Gasteiger partial charge is 0.231 e. The van der Waals surface area contributed by atoms with E-state index >= 15 is 0 Å². The van der Waals surface area contributed by atoms with Gasteiger partial charge in [-0.05, 0) is 51.7 Å². The Balaban J connectivity index is 1.96. The maximum Gasteiger partial charge on any atom is 0.231 e. The van der Waals surface area contributed by atoms with E-state index in [2.05, 4.69) is 57.0 Å². The largest absolute Gasteiger partial charge is 0.315 e. The molecule has 0 saturated carbocycles. The summed E-state index contributed by atoms with van der Waals surface area (Å²) in [5, 5.41) is 0. The number of aryl methyl sites for hydroxylation is 1. The number of hydrogen-bond donors (Lipinski definition) is 0. The molecule has 1 unspecified atom stereocenters. The van der Waals surface area contributed by atoms with Crippen molar-refractivity contribution in [1.82, 2.24) is 0 Å². The second-order valence-corrected chi connectivity index (χ2v) is 8.30. The fourth-order valence-electron chi connectivity index (χ4n) is 2.42. The van der Waals surface area contributed by atoms with Crippen LogP contribution in [0.1, 0.15) is 26.4 Å².